The normalized spacial score (nSPS) is 13.4. The van der Waals surface area contributed by atoms with Gasteiger partial charge in [0.2, 0.25) is 6.54 Å². The minimum Gasteiger partial charge on any atom is -0.285 e. The van der Waals surface area contributed by atoms with Crippen molar-refractivity contribution in [3.8, 4) is 0 Å². The molecule has 0 saturated heterocycles. The molecule has 0 saturated carbocycles. The predicted octanol–water partition coefficient (Wildman–Crippen LogP) is 0.892. The molecule has 15 heavy (non-hydrogen) atoms. The summed E-state index contributed by atoms with van der Waals surface area (Å²) in [7, 11) is -4.45. The van der Waals surface area contributed by atoms with Gasteiger partial charge in [0, 0.05) is 4.92 Å². The molecule has 1 aromatic carbocycles. The van der Waals surface area contributed by atoms with Crippen molar-refractivity contribution in [3.63, 3.8) is 0 Å². The third-order valence-electron chi connectivity index (χ3n) is 1.85. The van der Waals surface area contributed by atoms with E-state index in [1.165, 1.54) is 12.1 Å². The van der Waals surface area contributed by atoms with E-state index in [0.29, 0.717) is 0 Å². The first-order valence-electron chi connectivity index (χ1n) is 4.04. The number of hydrogen-bond donors (Lipinski definition) is 1. The van der Waals surface area contributed by atoms with Crippen LogP contribution in [0.4, 0.5) is 0 Å². The zero-order valence-corrected chi connectivity index (χ0v) is 8.42. The van der Waals surface area contributed by atoms with Crippen LogP contribution in [0, 0.1) is 10.1 Å². The first-order chi connectivity index (χ1) is 6.91. The van der Waals surface area contributed by atoms with E-state index >= 15 is 0 Å². The zero-order chi connectivity index (χ0) is 11.5. The van der Waals surface area contributed by atoms with Crippen LogP contribution in [0.15, 0.2) is 30.3 Å². The van der Waals surface area contributed by atoms with Gasteiger partial charge in [0.15, 0.2) is 5.25 Å². The lowest BCUT2D eigenvalue weighted by Gasteiger charge is -2.09. The Hall–Kier alpha value is -1.47. The van der Waals surface area contributed by atoms with Gasteiger partial charge in [-0.2, -0.15) is 8.42 Å². The summed E-state index contributed by atoms with van der Waals surface area (Å²) in [6.45, 7) is -0.844. The highest BCUT2D eigenvalue weighted by Gasteiger charge is 2.29. The molecule has 1 unspecified atom stereocenters. The Morgan fingerprint density at radius 3 is 2.27 bits per heavy atom. The summed E-state index contributed by atoms with van der Waals surface area (Å²) in [5.74, 6) is 0. The zero-order valence-electron chi connectivity index (χ0n) is 7.61. The van der Waals surface area contributed by atoms with Gasteiger partial charge in [-0.05, 0) is 5.56 Å². The van der Waals surface area contributed by atoms with Gasteiger partial charge in [0.25, 0.3) is 10.1 Å². The molecule has 1 atom stereocenters. The maximum Gasteiger partial charge on any atom is 0.278 e. The van der Waals surface area contributed by atoms with E-state index in [-0.39, 0.29) is 5.56 Å². The summed E-state index contributed by atoms with van der Waals surface area (Å²) < 4.78 is 30.7. The highest BCUT2D eigenvalue weighted by molar-refractivity contribution is 7.86. The van der Waals surface area contributed by atoms with Crippen molar-refractivity contribution in [1.29, 1.82) is 0 Å². The molecule has 0 heterocycles. The van der Waals surface area contributed by atoms with Gasteiger partial charge < -0.3 is 0 Å². The van der Waals surface area contributed by atoms with Crippen molar-refractivity contribution in [2.75, 3.05) is 6.54 Å². The second kappa shape index (κ2) is 4.37. The second-order valence-corrected chi connectivity index (χ2v) is 4.53. The van der Waals surface area contributed by atoms with Gasteiger partial charge in [0.05, 0.1) is 0 Å². The Labute approximate surface area is 86.4 Å². The molecule has 0 bridgehead atoms. The van der Waals surface area contributed by atoms with Crippen LogP contribution in [-0.2, 0) is 10.1 Å². The average molecular weight is 231 g/mol. The fourth-order valence-corrected chi connectivity index (χ4v) is 1.99. The van der Waals surface area contributed by atoms with Gasteiger partial charge in [-0.1, -0.05) is 30.3 Å². The van der Waals surface area contributed by atoms with Crippen LogP contribution in [-0.4, -0.2) is 24.4 Å². The largest absolute Gasteiger partial charge is 0.285 e. The van der Waals surface area contributed by atoms with Crippen molar-refractivity contribution < 1.29 is 17.9 Å². The van der Waals surface area contributed by atoms with Gasteiger partial charge in [0.1, 0.15) is 0 Å². The summed E-state index contributed by atoms with van der Waals surface area (Å²) in [6, 6.07) is 7.58. The van der Waals surface area contributed by atoms with E-state index in [2.05, 4.69) is 0 Å². The third-order valence-corrected chi connectivity index (χ3v) is 2.99. The van der Waals surface area contributed by atoms with Crippen LogP contribution >= 0.6 is 0 Å². The molecule has 82 valence electrons. The lowest BCUT2D eigenvalue weighted by atomic mass is 10.1. The Morgan fingerprint density at radius 2 is 1.87 bits per heavy atom. The first-order valence-corrected chi connectivity index (χ1v) is 5.54. The standard InChI is InChI=1S/C8H9NO5S/c10-9(11)6-8(15(12,13)14)7-4-2-1-3-5-7/h1-5,8H,6H2,(H,12,13,14). The van der Waals surface area contributed by atoms with Gasteiger partial charge in [-0.15, -0.1) is 0 Å². The highest BCUT2D eigenvalue weighted by Crippen LogP contribution is 2.21. The molecule has 0 fully saturated rings. The molecule has 0 aliphatic heterocycles. The number of hydrogen-bond acceptors (Lipinski definition) is 4. The van der Waals surface area contributed by atoms with Crippen LogP contribution in [0.3, 0.4) is 0 Å². The topological polar surface area (TPSA) is 97.5 Å². The molecule has 0 aliphatic carbocycles. The Balaban J connectivity index is 3.08. The molecule has 1 N–H and O–H groups in total. The summed E-state index contributed by atoms with van der Waals surface area (Å²) >= 11 is 0. The molecule has 0 aliphatic rings. The molecular weight excluding hydrogens is 222 g/mol. The molecule has 6 nitrogen and oxygen atoms in total. The summed E-state index contributed by atoms with van der Waals surface area (Å²) in [4.78, 5) is 9.49. The summed E-state index contributed by atoms with van der Waals surface area (Å²) in [6.07, 6.45) is 0. The SMILES string of the molecule is O=[N+]([O-])CC(c1ccccc1)S(=O)(=O)O. The number of nitro groups is 1. The molecule has 7 heteroatoms. The maximum absolute atomic E-state index is 10.9. The maximum atomic E-state index is 10.9. The Morgan fingerprint density at radius 1 is 1.33 bits per heavy atom. The fraction of sp³-hybridized carbons (Fsp3) is 0.250. The van der Waals surface area contributed by atoms with E-state index < -0.39 is 26.8 Å². The average Bonchev–Trinajstić information content (AvgIpc) is 2.14. The third kappa shape index (κ3) is 3.30. The van der Waals surface area contributed by atoms with Crippen molar-refractivity contribution in [1.82, 2.24) is 0 Å². The molecule has 0 spiro atoms. The highest BCUT2D eigenvalue weighted by atomic mass is 32.2. The first kappa shape index (κ1) is 11.6. The van der Waals surface area contributed by atoms with Crippen LogP contribution in [0.2, 0.25) is 0 Å². The molecule has 0 radical (unpaired) electrons. The number of benzene rings is 1. The number of nitrogens with zero attached hydrogens (tertiary/aromatic N) is 1. The van der Waals surface area contributed by atoms with Gasteiger partial charge >= 0.3 is 0 Å². The lowest BCUT2D eigenvalue weighted by Crippen LogP contribution is -2.20. The van der Waals surface area contributed by atoms with Crippen molar-refractivity contribution in [2.45, 2.75) is 5.25 Å². The van der Waals surface area contributed by atoms with Crippen molar-refractivity contribution in [3.05, 3.63) is 46.0 Å². The van der Waals surface area contributed by atoms with E-state index in [4.69, 9.17) is 4.55 Å². The predicted molar refractivity (Wildman–Crippen MR) is 52.6 cm³/mol. The quantitative estimate of drug-likeness (QED) is 0.471. The Kier molecular flexibility index (Phi) is 3.38. The Bertz CT molecular complexity index is 441. The number of rotatable bonds is 4. The fourth-order valence-electron chi connectivity index (χ4n) is 1.17. The minimum absolute atomic E-state index is 0.205. The van der Waals surface area contributed by atoms with Crippen LogP contribution in [0.5, 0.6) is 0 Å². The van der Waals surface area contributed by atoms with Gasteiger partial charge in [-0.3, -0.25) is 14.7 Å². The van der Waals surface area contributed by atoms with Crippen molar-refractivity contribution >= 4 is 10.1 Å². The summed E-state index contributed by atoms with van der Waals surface area (Å²) in [5, 5.41) is 8.75. The molecule has 1 rings (SSSR count). The van der Waals surface area contributed by atoms with E-state index in [9.17, 15) is 18.5 Å². The smallest absolute Gasteiger partial charge is 0.278 e. The van der Waals surface area contributed by atoms with E-state index in [1.807, 2.05) is 0 Å². The van der Waals surface area contributed by atoms with Crippen LogP contribution in [0.25, 0.3) is 0 Å². The second-order valence-electron chi connectivity index (χ2n) is 2.93. The van der Waals surface area contributed by atoms with Crippen LogP contribution < -0.4 is 0 Å². The van der Waals surface area contributed by atoms with Crippen LogP contribution in [0.1, 0.15) is 10.8 Å². The van der Waals surface area contributed by atoms with Gasteiger partial charge in [-0.25, -0.2) is 0 Å². The molecular formula is C8H9NO5S. The van der Waals surface area contributed by atoms with E-state index in [1.54, 1.807) is 18.2 Å². The molecule has 1 aromatic rings. The minimum atomic E-state index is -4.45. The molecule has 0 amide bonds. The summed E-state index contributed by atoms with van der Waals surface area (Å²) in [5.41, 5.74) is 0.205. The lowest BCUT2D eigenvalue weighted by molar-refractivity contribution is -0.480. The molecule has 0 aromatic heterocycles. The van der Waals surface area contributed by atoms with Crippen molar-refractivity contribution in [2.24, 2.45) is 0 Å². The van der Waals surface area contributed by atoms with E-state index in [0.717, 1.165) is 0 Å². The monoisotopic (exact) mass is 231 g/mol.